The molecule has 0 spiro atoms. The summed E-state index contributed by atoms with van der Waals surface area (Å²) in [5.41, 5.74) is 2.85. The molecule has 1 aliphatic rings. The van der Waals surface area contributed by atoms with E-state index in [0.29, 0.717) is 54.4 Å². The number of anilines is 1. The molecule has 5 nitrogen and oxygen atoms in total. The summed E-state index contributed by atoms with van der Waals surface area (Å²) in [6, 6.07) is 13.1. The normalized spacial score (nSPS) is 15.1. The van der Waals surface area contributed by atoms with Crippen molar-refractivity contribution in [2.75, 3.05) is 24.6 Å². The molecule has 1 aliphatic heterocycles. The number of alkyl halides is 2. The molecule has 0 radical (unpaired) electrons. The number of rotatable bonds is 9. The Bertz CT molecular complexity index is 1270. The molecule has 202 valence electrons. The number of aromatic nitrogens is 1. The highest BCUT2D eigenvalue weighted by Gasteiger charge is 2.32. The number of carboxylic acids is 1. The summed E-state index contributed by atoms with van der Waals surface area (Å²) in [4.78, 5) is 18.0. The molecule has 1 aromatic heterocycles. The van der Waals surface area contributed by atoms with Gasteiger partial charge in [-0.1, -0.05) is 38.1 Å². The molecule has 2 aromatic carbocycles. The highest BCUT2D eigenvalue weighted by atomic mass is 19.3. The zero-order valence-corrected chi connectivity index (χ0v) is 21.9. The Morgan fingerprint density at radius 1 is 1.08 bits per heavy atom. The van der Waals surface area contributed by atoms with Gasteiger partial charge in [0.2, 0.25) is 0 Å². The third kappa shape index (κ3) is 6.47. The third-order valence-electron chi connectivity index (χ3n) is 7.19. The first-order valence-electron chi connectivity index (χ1n) is 12.8. The number of carboxylic acid groups (broad SMARTS) is 1. The second kappa shape index (κ2) is 11.5. The molecular formula is C30H33F3N2O3. The number of carbonyl (C=O) groups is 1. The Morgan fingerprint density at radius 2 is 1.71 bits per heavy atom. The molecule has 8 heteroatoms. The van der Waals surface area contributed by atoms with Gasteiger partial charge in [-0.3, -0.25) is 9.78 Å². The Balaban J connectivity index is 1.68. The smallest absolute Gasteiger partial charge is 0.307 e. The number of ether oxygens (including phenoxy) is 1. The summed E-state index contributed by atoms with van der Waals surface area (Å²) in [5, 5.41) is 9.62. The quantitative estimate of drug-likeness (QED) is 0.325. The van der Waals surface area contributed by atoms with E-state index in [1.54, 1.807) is 43.3 Å². The molecule has 3 aromatic rings. The van der Waals surface area contributed by atoms with E-state index >= 15 is 0 Å². The Labute approximate surface area is 221 Å². The van der Waals surface area contributed by atoms with Crippen molar-refractivity contribution in [3.8, 4) is 16.9 Å². The second-order valence-corrected chi connectivity index (χ2v) is 10.6. The lowest BCUT2D eigenvalue weighted by molar-refractivity contribution is -0.136. The van der Waals surface area contributed by atoms with Gasteiger partial charge in [-0.05, 0) is 60.6 Å². The average Bonchev–Trinajstić information content (AvgIpc) is 2.86. The molecule has 0 saturated carbocycles. The standard InChI is InChI=1S/C30H33F3N2O3/c1-19-24(18-25(36)37)28(35-15-13-30(2,3)14-16-35)26(27(34-19)29(32)33)21-6-10-23(11-7-21)38-17-12-20-4-8-22(31)9-5-20/h4-11,29H,12-18H2,1-3H3,(H,36,37). The van der Waals surface area contributed by atoms with Crippen LogP contribution >= 0.6 is 0 Å². The fourth-order valence-electron chi connectivity index (χ4n) is 4.89. The highest BCUT2D eigenvalue weighted by molar-refractivity contribution is 5.86. The van der Waals surface area contributed by atoms with Crippen LogP contribution in [0.15, 0.2) is 48.5 Å². The van der Waals surface area contributed by atoms with Crippen LogP contribution in [0.4, 0.5) is 18.9 Å². The number of aryl methyl sites for hydroxylation is 1. The molecular weight excluding hydrogens is 493 g/mol. The van der Waals surface area contributed by atoms with Crippen molar-refractivity contribution in [1.82, 2.24) is 4.98 Å². The Hall–Kier alpha value is -3.55. The van der Waals surface area contributed by atoms with Crippen LogP contribution in [0.5, 0.6) is 5.75 Å². The fraction of sp³-hybridized carbons (Fsp3) is 0.400. The predicted octanol–water partition coefficient (Wildman–Crippen LogP) is 7.01. The van der Waals surface area contributed by atoms with Crippen molar-refractivity contribution in [1.29, 1.82) is 0 Å². The molecule has 1 fully saturated rings. The number of halogens is 3. The molecule has 0 unspecified atom stereocenters. The van der Waals surface area contributed by atoms with E-state index in [2.05, 4.69) is 18.8 Å². The molecule has 0 amide bonds. The van der Waals surface area contributed by atoms with Crippen molar-refractivity contribution < 1.29 is 27.8 Å². The monoisotopic (exact) mass is 526 g/mol. The average molecular weight is 527 g/mol. The maximum atomic E-state index is 14.3. The van der Waals surface area contributed by atoms with Crippen LogP contribution < -0.4 is 9.64 Å². The first-order valence-corrected chi connectivity index (χ1v) is 12.8. The number of pyridine rings is 1. The number of hydrogen-bond donors (Lipinski definition) is 1. The van der Waals surface area contributed by atoms with Gasteiger partial charge in [0.15, 0.2) is 0 Å². The van der Waals surface area contributed by atoms with Crippen molar-refractivity contribution >= 4 is 11.7 Å². The number of piperidine rings is 1. The summed E-state index contributed by atoms with van der Waals surface area (Å²) < 4.78 is 47.6. The number of benzene rings is 2. The first kappa shape index (κ1) is 27.5. The summed E-state index contributed by atoms with van der Waals surface area (Å²) in [6.07, 6.45) is -0.798. The van der Waals surface area contributed by atoms with Crippen molar-refractivity contribution in [2.24, 2.45) is 5.41 Å². The van der Waals surface area contributed by atoms with Gasteiger partial charge in [-0.15, -0.1) is 0 Å². The third-order valence-corrected chi connectivity index (χ3v) is 7.19. The fourth-order valence-corrected chi connectivity index (χ4v) is 4.89. The SMILES string of the molecule is Cc1nc(C(F)F)c(-c2ccc(OCCc3ccc(F)cc3)cc2)c(N2CCC(C)(C)CC2)c1CC(=O)O. The molecule has 38 heavy (non-hydrogen) atoms. The van der Waals surface area contributed by atoms with Crippen LogP contribution in [0.1, 0.15) is 55.6 Å². The van der Waals surface area contributed by atoms with Gasteiger partial charge in [0, 0.05) is 36.3 Å². The van der Waals surface area contributed by atoms with Gasteiger partial charge in [-0.2, -0.15) is 0 Å². The summed E-state index contributed by atoms with van der Waals surface area (Å²) in [5.74, 6) is -0.756. The van der Waals surface area contributed by atoms with E-state index in [1.807, 2.05) is 4.90 Å². The Morgan fingerprint density at radius 3 is 2.29 bits per heavy atom. The maximum absolute atomic E-state index is 14.3. The molecule has 0 atom stereocenters. The largest absolute Gasteiger partial charge is 0.493 e. The van der Waals surface area contributed by atoms with Crippen LogP contribution in [0.3, 0.4) is 0 Å². The zero-order chi connectivity index (χ0) is 27.4. The lowest BCUT2D eigenvalue weighted by Crippen LogP contribution is -2.38. The van der Waals surface area contributed by atoms with Gasteiger partial charge in [-0.25, -0.2) is 13.2 Å². The van der Waals surface area contributed by atoms with Crippen molar-refractivity contribution in [2.45, 2.75) is 52.9 Å². The summed E-state index contributed by atoms with van der Waals surface area (Å²) in [7, 11) is 0. The van der Waals surface area contributed by atoms with Crippen molar-refractivity contribution in [3.63, 3.8) is 0 Å². The van der Waals surface area contributed by atoms with E-state index in [-0.39, 0.29) is 28.9 Å². The molecule has 0 aliphatic carbocycles. The van der Waals surface area contributed by atoms with Crippen LogP contribution in [-0.2, 0) is 17.6 Å². The van der Waals surface area contributed by atoms with E-state index in [1.165, 1.54) is 12.1 Å². The molecule has 2 heterocycles. The number of aliphatic carboxylic acids is 1. The van der Waals surface area contributed by atoms with Crippen LogP contribution in [-0.4, -0.2) is 35.8 Å². The summed E-state index contributed by atoms with van der Waals surface area (Å²) in [6.45, 7) is 7.62. The molecule has 4 rings (SSSR count). The van der Waals surface area contributed by atoms with Crippen molar-refractivity contribution in [3.05, 3.63) is 76.9 Å². The minimum Gasteiger partial charge on any atom is -0.493 e. The molecule has 1 saturated heterocycles. The lowest BCUT2D eigenvalue weighted by atomic mass is 9.82. The zero-order valence-electron chi connectivity index (χ0n) is 21.9. The second-order valence-electron chi connectivity index (χ2n) is 10.6. The van der Waals surface area contributed by atoms with Crippen LogP contribution in [0.2, 0.25) is 0 Å². The van der Waals surface area contributed by atoms with E-state index in [9.17, 15) is 23.1 Å². The van der Waals surface area contributed by atoms with Gasteiger partial charge < -0.3 is 14.7 Å². The molecule has 0 bridgehead atoms. The minimum absolute atomic E-state index is 0.129. The number of hydrogen-bond acceptors (Lipinski definition) is 4. The lowest BCUT2D eigenvalue weighted by Gasteiger charge is -2.40. The van der Waals surface area contributed by atoms with Gasteiger partial charge in [0.1, 0.15) is 17.3 Å². The Kier molecular flexibility index (Phi) is 8.29. The van der Waals surface area contributed by atoms with Gasteiger partial charge >= 0.3 is 5.97 Å². The molecule has 1 N–H and O–H groups in total. The van der Waals surface area contributed by atoms with Crippen LogP contribution in [0, 0.1) is 18.2 Å². The van der Waals surface area contributed by atoms with Gasteiger partial charge in [0.25, 0.3) is 6.43 Å². The maximum Gasteiger partial charge on any atom is 0.307 e. The topological polar surface area (TPSA) is 62.7 Å². The summed E-state index contributed by atoms with van der Waals surface area (Å²) >= 11 is 0. The van der Waals surface area contributed by atoms with Gasteiger partial charge in [0.05, 0.1) is 18.7 Å². The highest BCUT2D eigenvalue weighted by Crippen LogP contribution is 2.44. The minimum atomic E-state index is -2.82. The van der Waals surface area contributed by atoms with E-state index in [4.69, 9.17) is 4.74 Å². The first-order chi connectivity index (χ1) is 18.0. The number of nitrogens with zero attached hydrogens (tertiary/aromatic N) is 2. The predicted molar refractivity (Wildman–Crippen MR) is 142 cm³/mol. The van der Waals surface area contributed by atoms with Crippen LogP contribution in [0.25, 0.3) is 11.1 Å². The van der Waals surface area contributed by atoms with E-state index in [0.717, 1.165) is 18.4 Å². The van der Waals surface area contributed by atoms with E-state index < -0.39 is 12.4 Å².